The van der Waals surface area contributed by atoms with Crippen molar-refractivity contribution in [1.29, 1.82) is 0 Å². The molecule has 0 aromatic carbocycles. The molecule has 0 aliphatic carbocycles. The number of nitrogens with zero attached hydrogens (tertiary/aromatic N) is 1. The van der Waals surface area contributed by atoms with E-state index in [1.165, 1.54) is 38.5 Å². The summed E-state index contributed by atoms with van der Waals surface area (Å²) in [5.74, 6) is -0.933. The van der Waals surface area contributed by atoms with Crippen molar-refractivity contribution >= 4 is 19.8 Å². The van der Waals surface area contributed by atoms with Crippen molar-refractivity contribution in [2.45, 2.75) is 148 Å². The summed E-state index contributed by atoms with van der Waals surface area (Å²) in [6.45, 7) is 4.05. The first-order valence-corrected chi connectivity index (χ1v) is 22.1. The molecule has 0 N–H and O–H groups in total. The summed E-state index contributed by atoms with van der Waals surface area (Å²) in [5.41, 5.74) is 0. The van der Waals surface area contributed by atoms with Gasteiger partial charge in [0, 0.05) is 12.8 Å². The molecule has 0 aliphatic heterocycles. The number of phosphoric acid groups is 1. The number of ether oxygens (including phenoxy) is 2. The molecular formula is C44H76NO8P. The summed E-state index contributed by atoms with van der Waals surface area (Å²) >= 11 is 0. The van der Waals surface area contributed by atoms with Crippen LogP contribution in [0.2, 0.25) is 0 Å². The third kappa shape index (κ3) is 39.2. The summed E-state index contributed by atoms with van der Waals surface area (Å²) in [6.07, 6.45) is 43.6. The molecule has 0 heterocycles. The SMILES string of the molecule is CCCCC/C=C\C/C=C\C/C=C\CCCCC(=O)OC[C@H](COP(=O)([O-])OCC[N+](C)(C)C)OC(=O)CCCC/C=C\C/C=C\C/C=C\CCCCC. The van der Waals surface area contributed by atoms with Crippen molar-refractivity contribution in [1.82, 2.24) is 0 Å². The molecule has 0 amide bonds. The van der Waals surface area contributed by atoms with Gasteiger partial charge in [-0.15, -0.1) is 0 Å². The molecule has 0 aromatic rings. The zero-order valence-corrected chi connectivity index (χ0v) is 35.5. The van der Waals surface area contributed by atoms with Crippen LogP contribution in [0, 0.1) is 0 Å². The van der Waals surface area contributed by atoms with Gasteiger partial charge in [0.2, 0.25) is 0 Å². The summed E-state index contributed by atoms with van der Waals surface area (Å²) in [5, 5.41) is 0. The Morgan fingerprint density at radius 3 is 1.41 bits per heavy atom. The third-order valence-corrected chi connectivity index (χ3v) is 9.16. The van der Waals surface area contributed by atoms with Crippen molar-refractivity contribution in [2.75, 3.05) is 47.5 Å². The van der Waals surface area contributed by atoms with Gasteiger partial charge in [-0.25, -0.2) is 0 Å². The molecule has 0 saturated heterocycles. The number of allylic oxidation sites excluding steroid dienone is 12. The van der Waals surface area contributed by atoms with Crippen molar-refractivity contribution in [2.24, 2.45) is 0 Å². The molecule has 0 radical (unpaired) electrons. The maximum absolute atomic E-state index is 12.6. The maximum Gasteiger partial charge on any atom is 0.306 e. The van der Waals surface area contributed by atoms with Gasteiger partial charge in [-0.1, -0.05) is 112 Å². The van der Waals surface area contributed by atoms with E-state index in [2.05, 4.69) is 86.8 Å². The Kier molecular flexibility index (Phi) is 34.4. The van der Waals surface area contributed by atoms with E-state index in [0.717, 1.165) is 64.2 Å². The number of carbonyl (C=O) groups is 2. The third-order valence-electron chi connectivity index (χ3n) is 8.20. The highest BCUT2D eigenvalue weighted by molar-refractivity contribution is 7.45. The van der Waals surface area contributed by atoms with Crippen LogP contribution in [0.5, 0.6) is 0 Å². The molecule has 54 heavy (non-hydrogen) atoms. The van der Waals surface area contributed by atoms with Gasteiger partial charge >= 0.3 is 11.9 Å². The minimum atomic E-state index is -4.64. The smallest absolute Gasteiger partial charge is 0.306 e. The predicted molar refractivity (Wildman–Crippen MR) is 222 cm³/mol. The van der Waals surface area contributed by atoms with Crippen molar-refractivity contribution in [3.63, 3.8) is 0 Å². The molecule has 310 valence electrons. The second-order valence-electron chi connectivity index (χ2n) is 14.6. The number of unbranched alkanes of at least 4 members (excludes halogenated alkanes) is 10. The lowest BCUT2D eigenvalue weighted by Gasteiger charge is -2.28. The van der Waals surface area contributed by atoms with Gasteiger partial charge in [-0.3, -0.25) is 14.2 Å². The number of rotatable bonds is 36. The van der Waals surface area contributed by atoms with Gasteiger partial charge in [-0.05, 0) is 89.9 Å². The van der Waals surface area contributed by atoms with E-state index < -0.39 is 32.5 Å². The molecule has 0 aliphatic rings. The van der Waals surface area contributed by atoms with Crippen molar-refractivity contribution < 1.29 is 42.1 Å². The monoisotopic (exact) mass is 778 g/mol. The Bertz CT molecular complexity index is 1150. The summed E-state index contributed by atoms with van der Waals surface area (Å²) < 4.78 is 33.7. The largest absolute Gasteiger partial charge is 0.756 e. The van der Waals surface area contributed by atoms with Crippen LogP contribution in [-0.2, 0) is 32.7 Å². The van der Waals surface area contributed by atoms with Crippen LogP contribution in [0.15, 0.2) is 72.9 Å². The summed E-state index contributed by atoms with van der Waals surface area (Å²) in [6, 6.07) is 0. The van der Waals surface area contributed by atoms with Gasteiger partial charge in [0.05, 0.1) is 27.7 Å². The van der Waals surface area contributed by atoms with Crippen LogP contribution in [0.25, 0.3) is 0 Å². The van der Waals surface area contributed by atoms with Gasteiger partial charge < -0.3 is 27.9 Å². The molecule has 10 heteroatoms. The molecule has 9 nitrogen and oxygen atoms in total. The topological polar surface area (TPSA) is 111 Å². The molecule has 1 unspecified atom stereocenters. The number of quaternary nitrogens is 1. The zero-order chi connectivity index (χ0) is 40.0. The lowest BCUT2D eigenvalue weighted by atomic mass is 10.1. The fourth-order valence-corrected chi connectivity index (χ4v) is 5.63. The average Bonchev–Trinajstić information content (AvgIpc) is 3.12. The Hall–Kier alpha value is -2.55. The van der Waals surface area contributed by atoms with Gasteiger partial charge in [0.15, 0.2) is 6.10 Å². The fraction of sp³-hybridized carbons (Fsp3) is 0.682. The van der Waals surface area contributed by atoms with E-state index in [4.69, 9.17) is 18.5 Å². The number of esters is 2. The van der Waals surface area contributed by atoms with Gasteiger partial charge in [0.25, 0.3) is 7.82 Å². The quantitative estimate of drug-likeness (QED) is 0.0203. The molecule has 0 spiro atoms. The average molecular weight is 778 g/mol. The van der Waals surface area contributed by atoms with E-state index in [0.29, 0.717) is 23.9 Å². The Morgan fingerprint density at radius 1 is 0.574 bits per heavy atom. The predicted octanol–water partition coefficient (Wildman–Crippen LogP) is 10.8. The van der Waals surface area contributed by atoms with E-state index >= 15 is 0 Å². The van der Waals surface area contributed by atoms with Crippen LogP contribution in [0.3, 0.4) is 0 Å². The van der Waals surface area contributed by atoms with Crippen LogP contribution in [0.1, 0.15) is 142 Å². The van der Waals surface area contributed by atoms with Crippen molar-refractivity contribution in [3.05, 3.63) is 72.9 Å². The number of hydrogen-bond acceptors (Lipinski definition) is 8. The highest BCUT2D eigenvalue weighted by Crippen LogP contribution is 2.38. The first-order valence-electron chi connectivity index (χ1n) is 20.6. The van der Waals surface area contributed by atoms with Crippen LogP contribution in [0.4, 0.5) is 0 Å². The highest BCUT2D eigenvalue weighted by Gasteiger charge is 2.21. The lowest BCUT2D eigenvalue weighted by molar-refractivity contribution is -0.870. The van der Waals surface area contributed by atoms with E-state index in [9.17, 15) is 19.0 Å². The molecule has 0 aromatic heterocycles. The fourth-order valence-electron chi connectivity index (χ4n) is 4.90. The van der Waals surface area contributed by atoms with Gasteiger partial charge in [-0.2, -0.15) is 0 Å². The van der Waals surface area contributed by atoms with Crippen molar-refractivity contribution in [3.8, 4) is 0 Å². The molecule has 0 saturated carbocycles. The Morgan fingerprint density at radius 2 is 0.981 bits per heavy atom. The maximum atomic E-state index is 12.6. The number of phosphoric ester groups is 1. The number of likely N-dealkylation sites (N-methyl/N-ethyl adjacent to an activating group) is 1. The minimum Gasteiger partial charge on any atom is -0.756 e. The van der Waals surface area contributed by atoms with E-state index in [1.54, 1.807) is 0 Å². The summed E-state index contributed by atoms with van der Waals surface area (Å²) in [4.78, 5) is 37.4. The first-order chi connectivity index (χ1) is 26.0. The van der Waals surface area contributed by atoms with Crippen LogP contribution >= 0.6 is 7.82 Å². The van der Waals surface area contributed by atoms with Crippen LogP contribution < -0.4 is 4.89 Å². The van der Waals surface area contributed by atoms with E-state index in [-0.39, 0.29) is 26.1 Å². The van der Waals surface area contributed by atoms with Crippen LogP contribution in [-0.4, -0.2) is 70.0 Å². The second kappa shape index (κ2) is 36.1. The zero-order valence-electron chi connectivity index (χ0n) is 34.6. The van der Waals surface area contributed by atoms with Gasteiger partial charge in [0.1, 0.15) is 19.8 Å². The van der Waals surface area contributed by atoms with E-state index in [1.807, 2.05) is 21.1 Å². The second-order valence-corrected chi connectivity index (χ2v) is 16.1. The standard InChI is InChI=1S/C44H76NO8P/c1-6-8-10-12-14-16-18-20-22-24-26-28-30-32-34-36-43(46)50-40-42(41-52-54(48,49)51-39-38-45(3,4)5)53-44(47)37-35-33-31-29-27-25-23-21-19-17-15-13-11-9-7-2/h14-17,20-23,26-29,42H,6-13,18-19,24-25,30-41H2,1-5H3/b16-14-,17-15-,22-20-,23-21-,28-26-,29-27-/t42-/m1/s1. The Balaban J connectivity index is 4.56. The molecule has 0 bridgehead atoms. The lowest BCUT2D eigenvalue weighted by Crippen LogP contribution is -2.37. The molecular weight excluding hydrogens is 701 g/mol. The highest BCUT2D eigenvalue weighted by atomic mass is 31.2. The normalized spacial score (nSPS) is 14.4. The molecule has 0 fully saturated rings. The first kappa shape index (κ1) is 51.5. The molecule has 2 atom stereocenters. The summed E-state index contributed by atoms with van der Waals surface area (Å²) in [7, 11) is 1.11. The number of hydrogen-bond donors (Lipinski definition) is 0. The number of carbonyl (C=O) groups excluding carboxylic acids is 2. The Labute approximate surface area is 329 Å². The minimum absolute atomic E-state index is 0.0479. The molecule has 0 rings (SSSR count).